The number of anilines is 3. The average molecular weight is 488 g/mol. The number of fused-ring (bicyclic) bond motifs is 1. The lowest BCUT2D eigenvalue weighted by Gasteiger charge is -2.24. The highest BCUT2D eigenvalue weighted by atomic mass is 35.5. The van der Waals surface area contributed by atoms with Gasteiger partial charge in [0.05, 0.1) is 29.1 Å². The van der Waals surface area contributed by atoms with Crippen LogP contribution in [-0.2, 0) is 0 Å². The summed E-state index contributed by atoms with van der Waals surface area (Å²) < 4.78 is 0. The molecular weight excluding hydrogens is 462 g/mol. The molecule has 3 aromatic heterocycles. The normalized spacial score (nSPS) is 15.2. The number of rotatable bonds is 7. The van der Waals surface area contributed by atoms with Gasteiger partial charge in [0.2, 0.25) is 5.95 Å². The van der Waals surface area contributed by atoms with Gasteiger partial charge < -0.3 is 20.7 Å². The lowest BCUT2D eigenvalue weighted by atomic mass is 10.0. The number of aromatic amines is 1. The molecule has 8 nitrogen and oxygen atoms in total. The van der Waals surface area contributed by atoms with Crippen LogP contribution in [-0.4, -0.2) is 50.5 Å². The molecule has 4 heterocycles. The van der Waals surface area contributed by atoms with Gasteiger partial charge in [0, 0.05) is 47.7 Å². The van der Waals surface area contributed by atoms with Crippen LogP contribution in [0, 0.1) is 5.92 Å². The second-order valence-electron chi connectivity index (χ2n) is 8.75. The van der Waals surface area contributed by atoms with E-state index in [-0.39, 0.29) is 18.6 Å². The Morgan fingerprint density at radius 3 is 2.77 bits per heavy atom. The molecule has 5 rings (SSSR count). The van der Waals surface area contributed by atoms with E-state index >= 15 is 0 Å². The van der Waals surface area contributed by atoms with Crippen molar-refractivity contribution in [3.8, 4) is 11.3 Å². The van der Waals surface area contributed by atoms with E-state index in [4.69, 9.17) is 17.3 Å². The topological polar surface area (TPSA) is 116 Å². The number of nitrogens with one attached hydrogen (secondary N) is 1. The third-order valence-electron chi connectivity index (χ3n) is 6.03. The number of aliphatic hydroxyl groups excluding tert-OH is 1. The number of aliphatic hydroxyl groups is 1. The fourth-order valence-electron chi connectivity index (χ4n) is 4.20. The molecule has 1 unspecified atom stereocenters. The summed E-state index contributed by atoms with van der Waals surface area (Å²) in [6, 6.07) is 11.5. The molecule has 4 N–H and O–H groups in total. The summed E-state index contributed by atoms with van der Waals surface area (Å²) in [4.78, 5) is 23.2. The Labute approximate surface area is 208 Å². The maximum Gasteiger partial charge on any atom is 0.222 e. The van der Waals surface area contributed by atoms with Crippen molar-refractivity contribution in [1.29, 1.82) is 0 Å². The molecule has 0 fully saturated rings. The fraction of sp³-hybridized carbons (Fsp3) is 0.231. The molecule has 0 saturated carbocycles. The van der Waals surface area contributed by atoms with Crippen molar-refractivity contribution in [2.45, 2.75) is 19.9 Å². The zero-order valence-corrected chi connectivity index (χ0v) is 20.2. The molecule has 0 radical (unpaired) electrons. The van der Waals surface area contributed by atoms with E-state index in [2.05, 4.69) is 50.9 Å². The predicted molar refractivity (Wildman–Crippen MR) is 142 cm³/mol. The van der Waals surface area contributed by atoms with Gasteiger partial charge >= 0.3 is 0 Å². The number of pyridine rings is 1. The van der Waals surface area contributed by atoms with Crippen LogP contribution < -0.4 is 10.6 Å². The number of H-pyrrole nitrogens is 1. The van der Waals surface area contributed by atoms with Gasteiger partial charge in [-0.25, -0.2) is 9.97 Å². The predicted octanol–water partition coefficient (Wildman–Crippen LogP) is 4.88. The number of hydrogen-bond donors (Lipinski definition) is 3. The van der Waals surface area contributed by atoms with Crippen molar-refractivity contribution in [3.05, 3.63) is 65.5 Å². The summed E-state index contributed by atoms with van der Waals surface area (Å²) >= 11 is 6.44. The molecule has 1 atom stereocenters. The van der Waals surface area contributed by atoms with Crippen molar-refractivity contribution >= 4 is 51.9 Å². The molecule has 1 aliphatic rings. The highest BCUT2D eigenvalue weighted by molar-refractivity contribution is 6.33. The van der Waals surface area contributed by atoms with Crippen molar-refractivity contribution in [2.75, 3.05) is 23.8 Å². The first-order chi connectivity index (χ1) is 16.9. The first-order valence-electron chi connectivity index (χ1n) is 11.4. The molecule has 35 heavy (non-hydrogen) atoms. The quantitative estimate of drug-likeness (QED) is 0.342. The molecule has 4 aromatic rings. The van der Waals surface area contributed by atoms with E-state index in [1.165, 1.54) is 0 Å². The van der Waals surface area contributed by atoms with E-state index in [1.54, 1.807) is 6.07 Å². The molecule has 1 aliphatic heterocycles. The Bertz CT molecular complexity index is 1440. The van der Waals surface area contributed by atoms with Crippen LogP contribution >= 0.6 is 11.6 Å². The Morgan fingerprint density at radius 1 is 1.20 bits per heavy atom. The fourth-order valence-corrected chi connectivity index (χ4v) is 4.44. The van der Waals surface area contributed by atoms with Gasteiger partial charge in [-0.05, 0) is 29.7 Å². The zero-order chi connectivity index (χ0) is 24.5. The third kappa shape index (κ3) is 4.50. The van der Waals surface area contributed by atoms with Crippen LogP contribution in [0.15, 0.2) is 59.9 Å². The van der Waals surface area contributed by atoms with Crippen LogP contribution in [0.2, 0.25) is 5.02 Å². The van der Waals surface area contributed by atoms with Gasteiger partial charge in [-0.2, -0.15) is 4.98 Å². The molecule has 178 valence electrons. The van der Waals surface area contributed by atoms with Crippen molar-refractivity contribution in [1.82, 2.24) is 19.9 Å². The van der Waals surface area contributed by atoms with Gasteiger partial charge in [-0.15, -0.1) is 0 Å². The minimum Gasteiger partial charge on any atom is -0.395 e. The largest absolute Gasteiger partial charge is 0.395 e. The molecule has 0 aliphatic carbocycles. The summed E-state index contributed by atoms with van der Waals surface area (Å²) in [7, 11) is 0. The van der Waals surface area contributed by atoms with Gasteiger partial charge in [0.15, 0.2) is 0 Å². The number of nitrogen functional groups attached to an aromatic ring is 1. The second kappa shape index (κ2) is 9.48. The monoisotopic (exact) mass is 487 g/mol. The Hall–Kier alpha value is -3.75. The van der Waals surface area contributed by atoms with E-state index in [9.17, 15) is 5.11 Å². The zero-order valence-electron chi connectivity index (χ0n) is 19.5. The molecule has 1 aromatic carbocycles. The van der Waals surface area contributed by atoms with Crippen molar-refractivity contribution in [2.24, 2.45) is 10.9 Å². The van der Waals surface area contributed by atoms with E-state index in [0.29, 0.717) is 29.0 Å². The number of halogens is 1. The third-order valence-corrected chi connectivity index (χ3v) is 6.35. The number of nitrogens with two attached hydrogens (primary N) is 1. The van der Waals surface area contributed by atoms with Gasteiger partial charge in [0.1, 0.15) is 11.5 Å². The van der Waals surface area contributed by atoms with Crippen LogP contribution in [0.25, 0.3) is 27.9 Å². The average Bonchev–Trinajstić information content (AvgIpc) is 3.50. The summed E-state index contributed by atoms with van der Waals surface area (Å²) in [5.74, 6) is 1.10. The maximum absolute atomic E-state index is 9.71. The van der Waals surface area contributed by atoms with Crippen LogP contribution in [0.4, 0.5) is 17.5 Å². The summed E-state index contributed by atoms with van der Waals surface area (Å²) in [5, 5.41) is 11.2. The lowest BCUT2D eigenvalue weighted by Crippen LogP contribution is -2.23. The van der Waals surface area contributed by atoms with Crippen LogP contribution in [0.3, 0.4) is 0 Å². The second-order valence-corrected chi connectivity index (χ2v) is 9.16. The van der Waals surface area contributed by atoms with E-state index in [0.717, 1.165) is 33.4 Å². The van der Waals surface area contributed by atoms with Gasteiger partial charge in [-0.3, -0.25) is 4.99 Å². The summed E-state index contributed by atoms with van der Waals surface area (Å²) in [6.07, 6.45) is 7.81. The first kappa shape index (κ1) is 23.0. The number of nitrogens with zero attached hydrogens (tertiary/aromatic N) is 5. The minimum absolute atomic E-state index is 0.0845. The van der Waals surface area contributed by atoms with Crippen molar-refractivity contribution < 1.29 is 5.11 Å². The van der Waals surface area contributed by atoms with Crippen LogP contribution in [0.5, 0.6) is 0 Å². The van der Waals surface area contributed by atoms with Crippen molar-refractivity contribution in [3.63, 3.8) is 0 Å². The summed E-state index contributed by atoms with van der Waals surface area (Å²) in [6.45, 7) is 4.53. The number of hydrogen-bond acceptors (Lipinski definition) is 7. The molecule has 0 amide bonds. The molecule has 0 spiro atoms. The highest BCUT2D eigenvalue weighted by Gasteiger charge is 2.19. The van der Waals surface area contributed by atoms with E-state index in [1.807, 2.05) is 47.8 Å². The molecule has 0 saturated heterocycles. The Balaban J connectivity index is 1.58. The highest BCUT2D eigenvalue weighted by Crippen LogP contribution is 2.35. The SMILES string of the molecule is CC(C)C1C=C(c2cnc3[nH]cc(-c4cc(N(CCO)c5ccccc5Cl)nc(N)n4)c3c2)C=N1. The smallest absolute Gasteiger partial charge is 0.222 e. The first-order valence-corrected chi connectivity index (χ1v) is 11.8. The lowest BCUT2D eigenvalue weighted by molar-refractivity contribution is 0.305. The number of para-hydroxylation sites is 1. The molecular formula is C26H26ClN7O. The Morgan fingerprint density at radius 2 is 2.03 bits per heavy atom. The standard InChI is InChI=1S/C26H26ClN7O/c1-15(2)21-10-17(12-29-21)16-9-18-19(14-31-25(18)30-13-16)22-11-24(33-26(28)32-22)34(7-8-35)23-6-4-3-5-20(23)27/h3-6,9-15,21,35H,7-8H2,1-2H3,(H,30,31)(H2,28,32,33). The minimum atomic E-state index is -0.0845. The summed E-state index contributed by atoms with van der Waals surface area (Å²) in [5.41, 5.74) is 11.1. The number of benzene rings is 1. The molecule has 9 heteroatoms. The Kier molecular flexibility index (Phi) is 6.23. The maximum atomic E-state index is 9.71. The van der Waals surface area contributed by atoms with Crippen LogP contribution in [0.1, 0.15) is 19.4 Å². The number of aliphatic imine (C=N–C) groups is 1. The van der Waals surface area contributed by atoms with Gasteiger partial charge in [0.25, 0.3) is 0 Å². The van der Waals surface area contributed by atoms with Gasteiger partial charge in [-0.1, -0.05) is 43.7 Å². The van der Waals surface area contributed by atoms with E-state index < -0.39 is 0 Å². The number of aromatic nitrogens is 4. The molecule has 0 bridgehead atoms. The number of allylic oxidation sites excluding steroid dienone is 1.